The molecule has 0 unspecified atom stereocenters. The van der Waals surface area contributed by atoms with E-state index in [2.05, 4.69) is 42.5 Å². The number of urea groups is 1. The summed E-state index contributed by atoms with van der Waals surface area (Å²) in [5.41, 5.74) is 0.00730. The molecule has 0 saturated carbocycles. The van der Waals surface area contributed by atoms with E-state index in [1.807, 2.05) is 0 Å². The molecule has 0 atom stereocenters. The molecular formula is C25H15Br2ClN4O7. The van der Waals surface area contributed by atoms with Crippen LogP contribution in [-0.4, -0.2) is 35.3 Å². The number of non-ortho nitro benzene ring substituents is 1. The number of ether oxygens (including phenoxy) is 1. The Morgan fingerprint density at radius 2 is 1.77 bits per heavy atom. The zero-order valence-corrected chi connectivity index (χ0v) is 23.4. The van der Waals surface area contributed by atoms with Crippen molar-refractivity contribution in [1.82, 2.24) is 5.32 Å². The van der Waals surface area contributed by atoms with Crippen LogP contribution in [0.3, 0.4) is 0 Å². The number of hydrogen-bond acceptors (Lipinski definition) is 7. The highest BCUT2D eigenvalue weighted by molar-refractivity contribution is 9.11. The summed E-state index contributed by atoms with van der Waals surface area (Å²) in [4.78, 5) is 61.4. The van der Waals surface area contributed by atoms with Gasteiger partial charge in [0, 0.05) is 12.1 Å². The molecule has 198 valence electrons. The second-order valence-corrected chi connectivity index (χ2v) is 9.98. The van der Waals surface area contributed by atoms with E-state index in [0.717, 1.165) is 6.07 Å². The summed E-state index contributed by atoms with van der Waals surface area (Å²) in [6.45, 7) is -0.343. The summed E-state index contributed by atoms with van der Waals surface area (Å²) in [6, 6.07) is 13.7. The first-order chi connectivity index (χ1) is 18.5. The lowest BCUT2D eigenvalue weighted by molar-refractivity contribution is -0.384. The van der Waals surface area contributed by atoms with Crippen LogP contribution in [0.2, 0.25) is 5.02 Å². The van der Waals surface area contributed by atoms with E-state index in [1.165, 1.54) is 36.4 Å². The number of nitrogens with one attached hydrogen (secondary N) is 2. The van der Waals surface area contributed by atoms with Crippen molar-refractivity contribution in [2.75, 3.05) is 16.8 Å². The molecule has 1 saturated heterocycles. The van der Waals surface area contributed by atoms with Crippen molar-refractivity contribution in [3.63, 3.8) is 0 Å². The molecule has 3 aromatic carbocycles. The summed E-state index contributed by atoms with van der Waals surface area (Å²) in [7, 11) is 0. The number of carbonyl (C=O) groups excluding carboxylic acids is 4. The molecule has 14 heteroatoms. The molecule has 0 aromatic heterocycles. The fourth-order valence-corrected chi connectivity index (χ4v) is 5.13. The van der Waals surface area contributed by atoms with E-state index in [9.17, 15) is 29.3 Å². The van der Waals surface area contributed by atoms with Gasteiger partial charge in [0.2, 0.25) is 0 Å². The second-order valence-electron chi connectivity index (χ2n) is 7.87. The van der Waals surface area contributed by atoms with Gasteiger partial charge in [0.15, 0.2) is 6.61 Å². The predicted octanol–water partition coefficient (Wildman–Crippen LogP) is 5.46. The highest BCUT2D eigenvalue weighted by Gasteiger charge is 2.37. The van der Waals surface area contributed by atoms with Gasteiger partial charge in [0.1, 0.15) is 11.3 Å². The number of imide groups is 2. The van der Waals surface area contributed by atoms with E-state index in [1.54, 1.807) is 24.3 Å². The van der Waals surface area contributed by atoms with Gasteiger partial charge < -0.3 is 10.1 Å². The van der Waals surface area contributed by atoms with Gasteiger partial charge in [-0.3, -0.25) is 29.8 Å². The van der Waals surface area contributed by atoms with Crippen LogP contribution in [0.4, 0.5) is 21.9 Å². The number of nitro benzene ring substituents is 1. The van der Waals surface area contributed by atoms with Crippen LogP contribution >= 0.6 is 43.5 Å². The third-order valence-electron chi connectivity index (χ3n) is 5.23. The maximum absolute atomic E-state index is 13.1. The highest BCUT2D eigenvalue weighted by atomic mass is 79.9. The quantitative estimate of drug-likeness (QED) is 0.146. The van der Waals surface area contributed by atoms with E-state index in [4.69, 9.17) is 16.3 Å². The van der Waals surface area contributed by atoms with Crippen molar-refractivity contribution in [2.45, 2.75) is 0 Å². The van der Waals surface area contributed by atoms with Gasteiger partial charge in [-0.15, -0.1) is 0 Å². The molecule has 2 N–H and O–H groups in total. The molecular weight excluding hydrogens is 664 g/mol. The van der Waals surface area contributed by atoms with Crippen LogP contribution in [0.5, 0.6) is 5.75 Å². The third kappa shape index (κ3) is 6.33. The normalized spacial score (nSPS) is 14.3. The number of nitro groups is 1. The summed E-state index contributed by atoms with van der Waals surface area (Å²) in [5, 5.41) is 16.2. The molecule has 1 heterocycles. The SMILES string of the molecule is O=C(COc1c(Br)cc(/C=C2/C(=O)NC(=O)N(c3cccc([N+](=O)[O-])c3)C2=O)cc1Br)Nc1ccccc1Cl. The van der Waals surface area contributed by atoms with Gasteiger partial charge in [0.25, 0.3) is 23.4 Å². The maximum Gasteiger partial charge on any atom is 0.335 e. The number of nitrogens with zero attached hydrogens (tertiary/aromatic N) is 2. The second kappa shape index (κ2) is 11.8. The number of halogens is 3. The molecule has 5 amide bonds. The summed E-state index contributed by atoms with van der Waals surface area (Å²) in [6.07, 6.45) is 1.25. The lowest BCUT2D eigenvalue weighted by atomic mass is 10.1. The van der Waals surface area contributed by atoms with Gasteiger partial charge in [0.05, 0.1) is 30.3 Å². The first-order valence-electron chi connectivity index (χ1n) is 10.9. The van der Waals surface area contributed by atoms with E-state index >= 15 is 0 Å². The third-order valence-corrected chi connectivity index (χ3v) is 6.74. The monoisotopic (exact) mass is 676 g/mol. The standard InChI is InChI=1S/C25H15Br2ClN4O7/c26-17-9-13(10-18(27)22(17)39-12-21(33)29-20-7-2-1-6-19(20)28)8-16-23(34)30-25(36)31(24(16)35)14-4-3-5-15(11-14)32(37)38/h1-11H,12H2,(H,29,33)(H,30,34,36)/b16-8-. The van der Waals surface area contributed by atoms with E-state index < -0.39 is 28.7 Å². The average Bonchev–Trinajstić information content (AvgIpc) is 2.87. The Balaban J connectivity index is 1.55. The Morgan fingerprint density at radius 1 is 1.08 bits per heavy atom. The van der Waals surface area contributed by atoms with Crippen molar-refractivity contribution < 1.29 is 28.8 Å². The molecule has 3 aromatic rings. The molecule has 1 fully saturated rings. The summed E-state index contributed by atoms with van der Waals surface area (Å²) in [5.74, 6) is -2.08. The van der Waals surface area contributed by atoms with Crippen molar-refractivity contribution in [3.05, 3.63) is 95.9 Å². The lowest BCUT2D eigenvalue weighted by Crippen LogP contribution is -2.54. The predicted molar refractivity (Wildman–Crippen MR) is 150 cm³/mol. The number of hydrogen-bond donors (Lipinski definition) is 2. The maximum atomic E-state index is 13.1. The Morgan fingerprint density at radius 3 is 2.44 bits per heavy atom. The van der Waals surface area contributed by atoms with Crippen LogP contribution < -0.4 is 20.3 Å². The van der Waals surface area contributed by atoms with Gasteiger partial charge in [-0.05, 0) is 73.8 Å². The minimum Gasteiger partial charge on any atom is -0.481 e. The Hall–Kier alpha value is -4.07. The lowest BCUT2D eigenvalue weighted by Gasteiger charge is -2.26. The number of benzene rings is 3. The zero-order valence-electron chi connectivity index (χ0n) is 19.4. The molecule has 1 aliphatic rings. The number of anilines is 2. The fraction of sp³-hybridized carbons (Fsp3) is 0.0400. The number of rotatable bonds is 7. The molecule has 1 aliphatic heterocycles. The van der Waals surface area contributed by atoms with Gasteiger partial charge in [-0.1, -0.05) is 29.8 Å². The zero-order chi connectivity index (χ0) is 28.3. The van der Waals surface area contributed by atoms with Crippen molar-refractivity contribution in [2.24, 2.45) is 0 Å². The Kier molecular flexibility index (Phi) is 8.43. The number of para-hydroxylation sites is 1. The van der Waals surface area contributed by atoms with Crippen LogP contribution in [0.25, 0.3) is 6.08 Å². The smallest absolute Gasteiger partial charge is 0.335 e. The largest absolute Gasteiger partial charge is 0.481 e. The Bertz CT molecular complexity index is 1550. The van der Waals surface area contributed by atoms with E-state index in [-0.39, 0.29) is 29.3 Å². The number of barbiturate groups is 1. The van der Waals surface area contributed by atoms with Gasteiger partial charge in [-0.2, -0.15) is 0 Å². The molecule has 0 radical (unpaired) electrons. The molecule has 11 nitrogen and oxygen atoms in total. The molecule has 0 spiro atoms. The molecule has 0 bridgehead atoms. The van der Waals surface area contributed by atoms with Crippen molar-refractivity contribution in [3.8, 4) is 5.75 Å². The average molecular weight is 679 g/mol. The van der Waals surface area contributed by atoms with Crippen LogP contribution in [0, 0.1) is 10.1 Å². The topological polar surface area (TPSA) is 148 Å². The fourth-order valence-electron chi connectivity index (χ4n) is 3.49. The Labute approximate surface area is 242 Å². The minimum absolute atomic E-state index is 0.0775. The number of carbonyl (C=O) groups is 4. The van der Waals surface area contributed by atoms with Crippen LogP contribution in [0.1, 0.15) is 5.56 Å². The number of amides is 5. The summed E-state index contributed by atoms with van der Waals surface area (Å²) < 4.78 is 6.41. The van der Waals surface area contributed by atoms with Gasteiger partial charge in [-0.25, -0.2) is 9.69 Å². The van der Waals surface area contributed by atoms with Gasteiger partial charge >= 0.3 is 6.03 Å². The van der Waals surface area contributed by atoms with E-state index in [0.29, 0.717) is 30.1 Å². The minimum atomic E-state index is -1.04. The van der Waals surface area contributed by atoms with Crippen molar-refractivity contribution >= 4 is 90.4 Å². The molecule has 39 heavy (non-hydrogen) atoms. The van der Waals surface area contributed by atoms with Crippen LogP contribution in [-0.2, 0) is 14.4 Å². The highest BCUT2D eigenvalue weighted by Crippen LogP contribution is 2.36. The first-order valence-corrected chi connectivity index (χ1v) is 12.8. The first kappa shape index (κ1) is 28.0. The summed E-state index contributed by atoms with van der Waals surface area (Å²) >= 11 is 12.7. The van der Waals surface area contributed by atoms with Crippen LogP contribution in [0.15, 0.2) is 75.2 Å². The molecule has 4 rings (SSSR count). The van der Waals surface area contributed by atoms with Crippen molar-refractivity contribution in [1.29, 1.82) is 0 Å². The molecule has 0 aliphatic carbocycles.